The summed E-state index contributed by atoms with van der Waals surface area (Å²) in [6, 6.07) is 3.01. The average molecular weight is 423 g/mol. The Balaban J connectivity index is 1.86. The predicted octanol–water partition coefficient (Wildman–Crippen LogP) is 2.51. The minimum Gasteiger partial charge on any atom is -0.444 e. The largest absolute Gasteiger partial charge is 0.444 e. The number of carbonyl (C=O) groups is 1. The Morgan fingerprint density at radius 2 is 2.17 bits per heavy atom. The first-order chi connectivity index (χ1) is 14.1. The third-order valence-electron chi connectivity index (χ3n) is 4.79. The lowest BCUT2D eigenvalue weighted by molar-refractivity contribution is 0.0491. The molecule has 1 aromatic rings. The van der Waals surface area contributed by atoms with Crippen LogP contribution in [-0.2, 0) is 4.74 Å². The summed E-state index contributed by atoms with van der Waals surface area (Å²) in [4.78, 5) is 22.5. The number of anilines is 1. The quantitative estimate of drug-likeness (QED) is 0.482. The first-order valence-corrected chi connectivity index (χ1v) is 10.4. The van der Waals surface area contributed by atoms with Crippen molar-refractivity contribution in [1.82, 2.24) is 20.9 Å². The highest BCUT2D eigenvalue weighted by atomic mass is 19.1. The summed E-state index contributed by atoms with van der Waals surface area (Å²) >= 11 is 0. The van der Waals surface area contributed by atoms with E-state index in [4.69, 9.17) is 4.74 Å². The van der Waals surface area contributed by atoms with E-state index < -0.39 is 11.7 Å². The molecule has 1 saturated heterocycles. The van der Waals surface area contributed by atoms with Gasteiger partial charge in [0.25, 0.3) is 0 Å². The van der Waals surface area contributed by atoms with Crippen molar-refractivity contribution in [3.05, 3.63) is 24.1 Å². The summed E-state index contributed by atoms with van der Waals surface area (Å²) in [7, 11) is 1.70. The standard InChI is InChI=1S/C21H35FN6O2/c1-14(2)17(27-20(29)30-21(3,4)5)12-25-19(23-6)26-15-9-11-28(13-15)18-16(22)8-7-10-24-18/h7-8,10,14-15,17H,9,11-13H2,1-6H3,(H,27,29)(H2,23,25,26). The summed E-state index contributed by atoms with van der Waals surface area (Å²) in [6.45, 7) is 11.4. The van der Waals surface area contributed by atoms with E-state index >= 15 is 0 Å². The molecule has 2 heterocycles. The molecule has 2 unspecified atom stereocenters. The zero-order chi connectivity index (χ0) is 22.3. The number of nitrogens with zero attached hydrogens (tertiary/aromatic N) is 3. The number of amides is 1. The van der Waals surface area contributed by atoms with Gasteiger partial charge in [-0.15, -0.1) is 0 Å². The highest BCUT2D eigenvalue weighted by molar-refractivity contribution is 5.80. The van der Waals surface area contributed by atoms with Crippen LogP contribution in [0.15, 0.2) is 23.3 Å². The number of aromatic nitrogens is 1. The Morgan fingerprint density at radius 1 is 1.43 bits per heavy atom. The number of ether oxygens (including phenoxy) is 1. The van der Waals surface area contributed by atoms with E-state index in [1.54, 1.807) is 19.3 Å². The maximum Gasteiger partial charge on any atom is 0.407 e. The second-order valence-electron chi connectivity index (χ2n) is 8.83. The van der Waals surface area contributed by atoms with Gasteiger partial charge in [0.15, 0.2) is 17.6 Å². The van der Waals surface area contributed by atoms with Crippen molar-refractivity contribution in [2.45, 2.75) is 58.7 Å². The normalized spacial score (nSPS) is 18.3. The predicted molar refractivity (Wildman–Crippen MR) is 117 cm³/mol. The molecule has 0 aliphatic carbocycles. The summed E-state index contributed by atoms with van der Waals surface area (Å²) in [5.41, 5.74) is -0.544. The highest BCUT2D eigenvalue weighted by Crippen LogP contribution is 2.20. The zero-order valence-electron chi connectivity index (χ0n) is 18.8. The number of carbonyl (C=O) groups excluding carboxylic acids is 1. The van der Waals surface area contributed by atoms with Gasteiger partial charge in [0.1, 0.15) is 5.60 Å². The molecular formula is C21H35FN6O2. The number of hydrogen-bond acceptors (Lipinski definition) is 5. The van der Waals surface area contributed by atoms with E-state index in [-0.39, 0.29) is 23.8 Å². The Morgan fingerprint density at radius 3 is 2.77 bits per heavy atom. The third-order valence-corrected chi connectivity index (χ3v) is 4.79. The van der Waals surface area contributed by atoms with Crippen molar-refractivity contribution in [2.24, 2.45) is 10.9 Å². The molecule has 1 fully saturated rings. The number of guanidine groups is 1. The first kappa shape index (κ1) is 23.7. The molecule has 0 saturated carbocycles. The van der Waals surface area contributed by atoms with Crippen LogP contribution in [0.4, 0.5) is 15.0 Å². The molecule has 0 bridgehead atoms. The van der Waals surface area contributed by atoms with Gasteiger partial charge in [-0.25, -0.2) is 14.2 Å². The minimum absolute atomic E-state index is 0.119. The molecule has 1 aliphatic rings. The molecule has 1 aromatic heterocycles. The van der Waals surface area contributed by atoms with Crippen LogP contribution in [0.2, 0.25) is 0 Å². The average Bonchev–Trinajstić information content (AvgIpc) is 3.10. The van der Waals surface area contributed by atoms with E-state index in [9.17, 15) is 9.18 Å². The summed E-state index contributed by atoms with van der Waals surface area (Å²) < 4.78 is 19.3. The number of halogens is 1. The molecule has 1 aliphatic heterocycles. The van der Waals surface area contributed by atoms with Gasteiger partial charge in [-0.05, 0) is 45.2 Å². The summed E-state index contributed by atoms with van der Waals surface area (Å²) in [6.07, 6.45) is 2.01. The molecule has 0 aromatic carbocycles. The van der Waals surface area contributed by atoms with Gasteiger partial charge in [-0.1, -0.05) is 13.8 Å². The first-order valence-electron chi connectivity index (χ1n) is 10.4. The van der Waals surface area contributed by atoms with Gasteiger partial charge in [-0.3, -0.25) is 4.99 Å². The number of nitrogens with one attached hydrogen (secondary N) is 3. The molecule has 2 atom stereocenters. The fourth-order valence-corrected chi connectivity index (χ4v) is 3.19. The van der Waals surface area contributed by atoms with E-state index in [2.05, 4.69) is 25.9 Å². The van der Waals surface area contributed by atoms with E-state index in [0.717, 1.165) is 13.0 Å². The molecule has 1 amide bonds. The fourth-order valence-electron chi connectivity index (χ4n) is 3.19. The Bertz CT molecular complexity index is 734. The molecular weight excluding hydrogens is 387 g/mol. The summed E-state index contributed by atoms with van der Waals surface area (Å²) in [5.74, 6) is 0.914. The lowest BCUT2D eigenvalue weighted by Crippen LogP contribution is -2.52. The fraction of sp³-hybridized carbons (Fsp3) is 0.667. The van der Waals surface area contributed by atoms with Crippen LogP contribution in [0.5, 0.6) is 0 Å². The number of aliphatic imine (C=N–C) groups is 1. The van der Waals surface area contributed by atoms with Crippen molar-refractivity contribution in [2.75, 3.05) is 31.6 Å². The van der Waals surface area contributed by atoms with E-state index in [1.807, 2.05) is 39.5 Å². The Kier molecular flexibility index (Phi) is 8.25. The molecule has 9 heteroatoms. The zero-order valence-corrected chi connectivity index (χ0v) is 18.8. The molecule has 168 valence electrons. The van der Waals surface area contributed by atoms with Gasteiger partial charge < -0.3 is 25.6 Å². The van der Waals surface area contributed by atoms with Gasteiger partial charge in [0, 0.05) is 38.9 Å². The topological polar surface area (TPSA) is 90.9 Å². The summed E-state index contributed by atoms with van der Waals surface area (Å²) in [5, 5.41) is 9.56. The number of pyridine rings is 1. The van der Waals surface area contributed by atoms with Crippen LogP contribution in [0.3, 0.4) is 0 Å². The van der Waals surface area contributed by atoms with Crippen molar-refractivity contribution < 1.29 is 13.9 Å². The van der Waals surface area contributed by atoms with Crippen molar-refractivity contribution in [1.29, 1.82) is 0 Å². The molecule has 2 rings (SSSR count). The molecule has 8 nitrogen and oxygen atoms in total. The molecule has 30 heavy (non-hydrogen) atoms. The van der Waals surface area contributed by atoms with Crippen LogP contribution >= 0.6 is 0 Å². The van der Waals surface area contributed by atoms with Crippen LogP contribution in [-0.4, -0.2) is 61.4 Å². The van der Waals surface area contributed by atoms with Gasteiger partial charge in [0.05, 0.1) is 6.04 Å². The Hall–Kier alpha value is -2.58. The Labute approximate surface area is 178 Å². The molecule has 0 radical (unpaired) electrons. The third kappa shape index (κ3) is 7.35. The molecule has 0 spiro atoms. The smallest absolute Gasteiger partial charge is 0.407 e. The number of alkyl carbamates (subject to hydrolysis) is 1. The van der Waals surface area contributed by atoms with Crippen LogP contribution < -0.4 is 20.9 Å². The lowest BCUT2D eigenvalue weighted by Gasteiger charge is -2.27. The van der Waals surface area contributed by atoms with Crippen LogP contribution in [0, 0.1) is 11.7 Å². The van der Waals surface area contributed by atoms with Gasteiger partial charge in [-0.2, -0.15) is 0 Å². The minimum atomic E-state index is -0.544. The monoisotopic (exact) mass is 422 g/mol. The maximum absolute atomic E-state index is 14.0. The van der Waals surface area contributed by atoms with Crippen LogP contribution in [0.1, 0.15) is 41.0 Å². The lowest BCUT2D eigenvalue weighted by atomic mass is 10.0. The van der Waals surface area contributed by atoms with E-state index in [1.165, 1.54) is 6.07 Å². The van der Waals surface area contributed by atoms with E-state index in [0.29, 0.717) is 24.9 Å². The maximum atomic E-state index is 14.0. The molecule has 3 N–H and O–H groups in total. The van der Waals surface area contributed by atoms with Crippen molar-refractivity contribution >= 4 is 17.9 Å². The van der Waals surface area contributed by atoms with Gasteiger partial charge >= 0.3 is 6.09 Å². The number of hydrogen-bond donors (Lipinski definition) is 3. The van der Waals surface area contributed by atoms with Crippen molar-refractivity contribution in [3.63, 3.8) is 0 Å². The van der Waals surface area contributed by atoms with Gasteiger partial charge in [0.2, 0.25) is 0 Å². The second-order valence-corrected chi connectivity index (χ2v) is 8.83. The van der Waals surface area contributed by atoms with Crippen LogP contribution in [0.25, 0.3) is 0 Å². The van der Waals surface area contributed by atoms with Crippen molar-refractivity contribution in [3.8, 4) is 0 Å². The SMILES string of the molecule is CN=C(NCC(NC(=O)OC(C)(C)C)C(C)C)NC1CCN(c2ncccc2F)C1. The second kappa shape index (κ2) is 10.4. The highest BCUT2D eigenvalue weighted by Gasteiger charge is 2.26. The number of rotatable bonds is 6.